The van der Waals surface area contributed by atoms with Crippen LogP contribution in [0.1, 0.15) is 17.5 Å². The zero-order valence-electron chi connectivity index (χ0n) is 14.5. The number of nitrogens with one attached hydrogen (secondary N) is 1. The first-order valence-electron chi connectivity index (χ1n) is 8.66. The second-order valence-electron chi connectivity index (χ2n) is 6.55. The van der Waals surface area contributed by atoms with E-state index in [-0.39, 0.29) is 25.1 Å². The quantitative estimate of drug-likeness (QED) is 0.859. The number of hydrogen-bond acceptors (Lipinski definition) is 4. The van der Waals surface area contributed by atoms with E-state index in [9.17, 15) is 9.59 Å². The average Bonchev–Trinajstić information content (AvgIpc) is 2.88. The van der Waals surface area contributed by atoms with Crippen molar-refractivity contribution in [3.05, 3.63) is 59.7 Å². The van der Waals surface area contributed by atoms with E-state index >= 15 is 0 Å². The number of aryl methyl sites for hydroxylation is 1. The van der Waals surface area contributed by atoms with Crippen molar-refractivity contribution >= 4 is 11.9 Å². The maximum atomic E-state index is 13.1. The summed E-state index contributed by atoms with van der Waals surface area (Å²) in [5.41, 5.74) is 0.827. The topological polar surface area (TPSA) is 67.9 Å². The lowest BCUT2D eigenvalue weighted by Crippen LogP contribution is -2.47. The highest BCUT2D eigenvalue weighted by atomic mass is 16.5. The Kier molecular flexibility index (Phi) is 4.03. The summed E-state index contributed by atoms with van der Waals surface area (Å²) in [5, 5.41) is 2.88. The number of benzene rings is 2. The summed E-state index contributed by atoms with van der Waals surface area (Å²) in [6.45, 7) is 2.83. The van der Waals surface area contributed by atoms with Crippen LogP contribution in [0, 0.1) is 6.92 Å². The number of para-hydroxylation sites is 1. The second kappa shape index (κ2) is 6.37. The van der Waals surface area contributed by atoms with Gasteiger partial charge >= 0.3 is 6.03 Å². The third-order valence-electron chi connectivity index (χ3n) is 4.86. The molecule has 134 valence electrons. The predicted molar refractivity (Wildman–Crippen MR) is 95.2 cm³/mol. The van der Waals surface area contributed by atoms with Gasteiger partial charge in [0.15, 0.2) is 5.54 Å². The molecule has 2 heterocycles. The highest BCUT2D eigenvalue weighted by Gasteiger charge is 2.54. The van der Waals surface area contributed by atoms with Crippen molar-refractivity contribution in [1.29, 1.82) is 0 Å². The van der Waals surface area contributed by atoms with Crippen molar-refractivity contribution in [2.75, 3.05) is 19.8 Å². The smallest absolute Gasteiger partial charge is 0.325 e. The maximum absolute atomic E-state index is 13.1. The van der Waals surface area contributed by atoms with Crippen molar-refractivity contribution < 1.29 is 19.1 Å². The number of fused-ring (bicyclic) bond motifs is 2. The summed E-state index contributed by atoms with van der Waals surface area (Å²) in [4.78, 5) is 26.8. The van der Waals surface area contributed by atoms with Crippen LogP contribution in [-0.4, -0.2) is 36.6 Å². The minimum absolute atomic E-state index is 0.198. The maximum Gasteiger partial charge on any atom is 0.325 e. The Balaban J connectivity index is 1.49. The number of ether oxygens (including phenoxy) is 2. The molecule has 2 aliphatic rings. The van der Waals surface area contributed by atoms with Crippen molar-refractivity contribution in [2.45, 2.75) is 18.9 Å². The molecule has 0 aliphatic carbocycles. The molecular weight excluding hydrogens is 332 g/mol. The van der Waals surface area contributed by atoms with Gasteiger partial charge in [-0.2, -0.15) is 0 Å². The number of nitrogens with zero attached hydrogens (tertiary/aromatic N) is 1. The van der Waals surface area contributed by atoms with E-state index in [1.807, 2.05) is 55.5 Å². The molecule has 2 aromatic rings. The molecule has 1 N–H and O–H groups in total. The molecule has 1 spiro atoms. The standard InChI is InChI=1S/C20H20N2O4/c1-14-6-8-15(9-7-14)25-13-11-22-18(23)20(21-19(22)24)10-12-26-17-5-3-2-4-16(17)20/h2-9H,10-13H2,1H3,(H,21,24)/t20-/m0/s1. The Hall–Kier alpha value is -3.02. The molecule has 2 aliphatic heterocycles. The van der Waals surface area contributed by atoms with E-state index in [1.165, 1.54) is 4.90 Å². The molecule has 0 bridgehead atoms. The van der Waals surface area contributed by atoms with Gasteiger partial charge in [-0.1, -0.05) is 35.9 Å². The van der Waals surface area contributed by atoms with Crippen LogP contribution in [0.2, 0.25) is 0 Å². The van der Waals surface area contributed by atoms with Gasteiger partial charge in [0, 0.05) is 12.0 Å². The van der Waals surface area contributed by atoms with Gasteiger partial charge in [-0.3, -0.25) is 9.69 Å². The number of urea groups is 1. The molecule has 0 saturated carbocycles. The minimum Gasteiger partial charge on any atom is -0.493 e. The molecule has 6 heteroatoms. The Morgan fingerprint density at radius 1 is 1.15 bits per heavy atom. The van der Waals surface area contributed by atoms with Crippen LogP contribution in [0.25, 0.3) is 0 Å². The van der Waals surface area contributed by atoms with Gasteiger partial charge in [-0.15, -0.1) is 0 Å². The van der Waals surface area contributed by atoms with Gasteiger partial charge in [0.25, 0.3) is 5.91 Å². The first-order valence-corrected chi connectivity index (χ1v) is 8.66. The summed E-state index contributed by atoms with van der Waals surface area (Å²) < 4.78 is 11.3. The third-order valence-corrected chi connectivity index (χ3v) is 4.86. The van der Waals surface area contributed by atoms with E-state index < -0.39 is 5.54 Å². The molecule has 26 heavy (non-hydrogen) atoms. The lowest BCUT2D eigenvalue weighted by Gasteiger charge is -2.33. The molecule has 6 nitrogen and oxygen atoms in total. The highest BCUT2D eigenvalue weighted by Crippen LogP contribution is 2.40. The zero-order valence-corrected chi connectivity index (χ0v) is 14.5. The van der Waals surface area contributed by atoms with Crippen molar-refractivity contribution in [3.63, 3.8) is 0 Å². The molecule has 0 aromatic heterocycles. The van der Waals surface area contributed by atoms with Gasteiger partial charge < -0.3 is 14.8 Å². The van der Waals surface area contributed by atoms with Gasteiger partial charge in [0.1, 0.15) is 18.1 Å². The number of rotatable bonds is 4. The van der Waals surface area contributed by atoms with E-state index in [4.69, 9.17) is 9.47 Å². The van der Waals surface area contributed by atoms with E-state index in [0.29, 0.717) is 30.1 Å². The van der Waals surface area contributed by atoms with Crippen molar-refractivity contribution in [1.82, 2.24) is 10.2 Å². The van der Waals surface area contributed by atoms with E-state index in [1.54, 1.807) is 0 Å². The number of imide groups is 1. The SMILES string of the molecule is Cc1ccc(OCCN2C(=O)N[C@]3(CCOc4ccccc43)C2=O)cc1. The normalized spacial score (nSPS) is 21.3. The first kappa shape index (κ1) is 16.4. The molecule has 1 saturated heterocycles. The molecule has 0 unspecified atom stereocenters. The average molecular weight is 352 g/mol. The van der Waals surface area contributed by atoms with E-state index in [2.05, 4.69) is 5.32 Å². The molecule has 1 atom stereocenters. The van der Waals surface area contributed by atoms with Crippen LogP contribution in [0.3, 0.4) is 0 Å². The summed E-state index contributed by atoms with van der Waals surface area (Å²) in [5.74, 6) is 1.12. The number of amides is 3. The summed E-state index contributed by atoms with van der Waals surface area (Å²) in [6, 6.07) is 14.6. The van der Waals surface area contributed by atoms with E-state index in [0.717, 1.165) is 5.56 Å². The Labute approximate surface area is 151 Å². The first-order chi connectivity index (χ1) is 12.6. The zero-order chi connectivity index (χ0) is 18.1. The number of hydrogen-bond donors (Lipinski definition) is 1. The van der Waals surface area contributed by atoms with Crippen LogP contribution in [0.15, 0.2) is 48.5 Å². The summed E-state index contributed by atoms with van der Waals surface area (Å²) in [7, 11) is 0. The lowest BCUT2D eigenvalue weighted by molar-refractivity contribution is -0.132. The van der Waals surface area contributed by atoms with Gasteiger partial charge in [0.05, 0.1) is 13.2 Å². The van der Waals surface area contributed by atoms with Crippen LogP contribution in [0.5, 0.6) is 11.5 Å². The Morgan fingerprint density at radius 3 is 2.73 bits per heavy atom. The number of carbonyl (C=O) groups excluding carboxylic acids is 2. The fourth-order valence-electron chi connectivity index (χ4n) is 3.46. The number of carbonyl (C=O) groups is 2. The Bertz CT molecular complexity index is 849. The third kappa shape index (κ3) is 2.67. The molecule has 4 rings (SSSR count). The monoisotopic (exact) mass is 352 g/mol. The van der Waals surface area contributed by atoms with Gasteiger partial charge in [0.2, 0.25) is 0 Å². The lowest BCUT2D eigenvalue weighted by atomic mass is 9.84. The summed E-state index contributed by atoms with van der Waals surface area (Å²) >= 11 is 0. The fourth-order valence-corrected chi connectivity index (χ4v) is 3.46. The molecule has 1 fully saturated rings. The van der Waals surface area contributed by atoms with Gasteiger partial charge in [-0.25, -0.2) is 4.79 Å². The van der Waals surface area contributed by atoms with Crippen LogP contribution in [0.4, 0.5) is 4.79 Å². The van der Waals surface area contributed by atoms with Crippen molar-refractivity contribution in [3.8, 4) is 11.5 Å². The summed E-state index contributed by atoms with van der Waals surface area (Å²) in [6.07, 6.45) is 0.421. The minimum atomic E-state index is -1.03. The van der Waals surface area contributed by atoms with Crippen LogP contribution in [-0.2, 0) is 10.3 Å². The molecular formula is C20H20N2O4. The fraction of sp³-hybridized carbons (Fsp3) is 0.300. The second-order valence-corrected chi connectivity index (χ2v) is 6.55. The van der Waals surface area contributed by atoms with Crippen molar-refractivity contribution in [2.24, 2.45) is 0 Å². The molecule has 3 amide bonds. The molecule has 0 radical (unpaired) electrons. The van der Waals surface area contributed by atoms with Gasteiger partial charge in [-0.05, 0) is 25.1 Å². The highest BCUT2D eigenvalue weighted by molar-refractivity contribution is 6.07. The van der Waals surface area contributed by atoms with Crippen LogP contribution < -0.4 is 14.8 Å². The molecule has 2 aromatic carbocycles. The largest absolute Gasteiger partial charge is 0.493 e. The Morgan fingerprint density at radius 2 is 1.92 bits per heavy atom. The predicted octanol–water partition coefficient (Wildman–Crippen LogP) is 2.60. The van der Waals surface area contributed by atoms with Crippen LogP contribution >= 0.6 is 0 Å².